The second kappa shape index (κ2) is 6.12. The molecule has 1 saturated carbocycles. The third kappa shape index (κ3) is 3.39. The summed E-state index contributed by atoms with van der Waals surface area (Å²) in [6.45, 7) is 7.42. The normalized spacial score (nSPS) is 21.2. The lowest BCUT2D eigenvalue weighted by Crippen LogP contribution is -2.44. The monoisotopic (exact) mass is 417 g/mol. The first-order valence-electron chi connectivity index (χ1n) is 9.05. The molecule has 2 fully saturated rings. The van der Waals surface area contributed by atoms with Crippen LogP contribution in [0.5, 0.6) is 0 Å². The van der Waals surface area contributed by atoms with Crippen molar-refractivity contribution in [2.24, 2.45) is 5.41 Å². The quantitative estimate of drug-likeness (QED) is 0.781. The van der Waals surface area contributed by atoms with E-state index in [1.165, 1.54) is 5.69 Å². The lowest BCUT2D eigenvalue weighted by atomic mass is 10.0. The largest absolute Gasteiger partial charge is 0.444 e. The molecule has 1 unspecified atom stereocenters. The number of alkyl carbamates (subject to hydrolysis) is 1. The van der Waals surface area contributed by atoms with Gasteiger partial charge in [0.1, 0.15) is 5.60 Å². The van der Waals surface area contributed by atoms with Crippen LogP contribution in [-0.4, -0.2) is 35.8 Å². The average molecular weight is 418 g/mol. The molecule has 1 aliphatic carbocycles. The number of benzene rings is 1. The first-order valence-corrected chi connectivity index (χ1v) is 9.84. The molecule has 6 heteroatoms. The number of anilines is 1. The highest BCUT2D eigenvalue weighted by Crippen LogP contribution is 2.54. The van der Waals surface area contributed by atoms with Crippen molar-refractivity contribution in [3.05, 3.63) is 34.9 Å². The van der Waals surface area contributed by atoms with Gasteiger partial charge in [0.2, 0.25) is 0 Å². The van der Waals surface area contributed by atoms with Crippen LogP contribution in [0.2, 0.25) is 0 Å². The van der Waals surface area contributed by atoms with Crippen molar-refractivity contribution in [1.29, 1.82) is 0 Å². The van der Waals surface area contributed by atoms with Gasteiger partial charge in [-0.3, -0.25) is 4.98 Å². The topological polar surface area (TPSA) is 54.5 Å². The maximum Gasteiger partial charge on any atom is 0.407 e. The van der Waals surface area contributed by atoms with Crippen LogP contribution in [0.1, 0.15) is 33.6 Å². The first kappa shape index (κ1) is 17.6. The molecule has 1 aromatic heterocycles. The predicted octanol–water partition coefficient (Wildman–Crippen LogP) is 4.49. The van der Waals surface area contributed by atoms with Gasteiger partial charge >= 0.3 is 6.09 Å². The molecule has 4 rings (SSSR count). The van der Waals surface area contributed by atoms with E-state index in [2.05, 4.69) is 43.3 Å². The number of ether oxygens (including phenoxy) is 1. The molecule has 1 amide bonds. The van der Waals surface area contributed by atoms with Crippen molar-refractivity contribution in [3.8, 4) is 0 Å². The highest BCUT2D eigenvalue weighted by molar-refractivity contribution is 9.10. The van der Waals surface area contributed by atoms with Gasteiger partial charge in [0.25, 0.3) is 0 Å². The number of halogens is 1. The number of aromatic nitrogens is 1. The van der Waals surface area contributed by atoms with Gasteiger partial charge in [0, 0.05) is 40.2 Å². The molecule has 1 N–H and O–H groups in total. The summed E-state index contributed by atoms with van der Waals surface area (Å²) in [5.41, 5.74) is 1.86. The van der Waals surface area contributed by atoms with Crippen LogP contribution < -0.4 is 10.2 Å². The maximum absolute atomic E-state index is 12.3. The Balaban J connectivity index is 1.57. The standard InChI is InChI=1S/C20H24BrN3O2/c1-19(2,3)26-18(25)23-17-11-24(12-20(17)7-8-20)16-6-9-22-15-5-4-13(21)10-14(15)16/h4-6,9-10,17H,7-8,11-12H2,1-3H3,(H,23,25). The number of hydrogen-bond donors (Lipinski definition) is 1. The highest BCUT2D eigenvalue weighted by atomic mass is 79.9. The van der Waals surface area contributed by atoms with Crippen molar-refractivity contribution in [2.45, 2.75) is 45.3 Å². The third-order valence-corrected chi connectivity index (χ3v) is 5.75. The summed E-state index contributed by atoms with van der Waals surface area (Å²) in [7, 11) is 0. The van der Waals surface area contributed by atoms with E-state index in [9.17, 15) is 4.79 Å². The Morgan fingerprint density at radius 2 is 2.12 bits per heavy atom. The lowest BCUT2D eigenvalue weighted by molar-refractivity contribution is 0.0493. The van der Waals surface area contributed by atoms with E-state index in [0.29, 0.717) is 0 Å². The van der Waals surface area contributed by atoms with Crippen LogP contribution in [0, 0.1) is 5.41 Å². The minimum atomic E-state index is -0.479. The Bertz CT molecular complexity index is 858. The van der Waals surface area contributed by atoms with Gasteiger partial charge in [-0.1, -0.05) is 15.9 Å². The van der Waals surface area contributed by atoms with E-state index >= 15 is 0 Å². The van der Waals surface area contributed by atoms with Crippen LogP contribution in [0.15, 0.2) is 34.9 Å². The Morgan fingerprint density at radius 1 is 1.35 bits per heavy atom. The summed E-state index contributed by atoms with van der Waals surface area (Å²) in [5, 5.41) is 4.25. The van der Waals surface area contributed by atoms with Gasteiger partial charge in [0.05, 0.1) is 11.6 Å². The first-order chi connectivity index (χ1) is 12.3. The van der Waals surface area contributed by atoms with E-state index in [1.54, 1.807) is 0 Å². The zero-order chi connectivity index (χ0) is 18.5. The molecule has 5 nitrogen and oxygen atoms in total. The highest BCUT2D eigenvalue weighted by Gasteiger charge is 2.56. The fourth-order valence-corrected chi connectivity index (χ4v) is 4.21. The Labute approximate surface area is 162 Å². The van der Waals surface area contributed by atoms with Crippen LogP contribution >= 0.6 is 15.9 Å². The number of fused-ring (bicyclic) bond motifs is 1. The minimum absolute atomic E-state index is 0.118. The van der Waals surface area contributed by atoms with Crippen LogP contribution in [0.4, 0.5) is 10.5 Å². The van der Waals surface area contributed by atoms with Gasteiger partial charge in [-0.2, -0.15) is 0 Å². The van der Waals surface area contributed by atoms with E-state index in [0.717, 1.165) is 41.3 Å². The van der Waals surface area contributed by atoms with Crippen molar-refractivity contribution < 1.29 is 9.53 Å². The maximum atomic E-state index is 12.3. The molecule has 26 heavy (non-hydrogen) atoms. The summed E-state index contributed by atoms with van der Waals surface area (Å²) in [6.07, 6.45) is 3.84. The van der Waals surface area contributed by atoms with Crippen molar-refractivity contribution in [3.63, 3.8) is 0 Å². The summed E-state index contributed by atoms with van der Waals surface area (Å²) < 4.78 is 6.51. The van der Waals surface area contributed by atoms with Crippen molar-refractivity contribution >= 4 is 38.6 Å². The number of nitrogens with one attached hydrogen (secondary N) is 1. The summed E-state index contributed by atoms with van der Waals surface area (Å²) >= 11 is 3.56. The van der Waals surface area contributed by atoms with E-state index in [-0.39, 0.29) is 17.6 Å². The molecule has 2 aromatic rings. The van der Waals surface area contributed by atoms with Crippen LogP contribution in [0.3, 0.4) is 0 Å². The molecule has 1 atom stereocenters. The predicted molar refractivity (Wildman–Crippen MR) is 106 cm³/mol. The number of nitrogens with zero attached hydrogens (tertiary/aromatic N) is 2. The summed E-state index contributed by atoms with van der Waals surface area (Å²) in [5.74, 6) is 0. The Morgan fingerprint density at radius 3 is 2.81 bits per heavy atom. The molecule has 1 spiro atoms. The zero-order valence-corrected chi connectivity index (χ0v) is 17.0. The summed E-state index contributed by atoms with van der Waals surface area (Å²) in [6, 6.07) is 8.35. The zero-order valence-electron chi connectivity index (χ0n) is 15.4. The number of hydrogen-bond acceptors (Lipinski definition) is 4. The number of rotatable bonds is 2. The summed E-state index contributed by atoms with van der Waals surface area (Å²) in [4.78, 5) is 19.1. The van der Waals surface area contributed by atoms with Crippen molar-refractivity contribution in [1.82, 2.24) is 10.3 Å². The second-order valence-electron chi connectivity index (χ2n) is 8.43. The average Bonchev–Trinajstić information content (AvgIpc) is 3.23. The molecule has 138 valence electrons. The van der Waals surface area contributed by atoms with Crippen molar-refractivity contribution in [2.75, 3.05) is 18.0 Å². The Kier molecular flexibility index (Phi) is 4.14. The van der Waals surface area contributed by atoms with Gasteiger partial charge in [-0.25, -0.2) is 4.79 Å². The molecule has 2 aliphatic rings. The van der Waals surface area contributed by atoms with Crippen LogP contribution in [0.25, 0.3) is 10.9 Å². The van der Waals surface area contributed by atoms with Gasteiger partial charge in [0.15, 0.2) is 0 Å². The fourth-order valence-electron chi connectivity index (χ4n) is 3.85. The van der Waals surface area contributed by atoms with E-state index < -0.39 is 5.60 Å². The molecule has 2 heterocycles. The molecule has 1 saturated heterocycles. The third-order valence-electron chi connectivity index (χ3n) is 5.25. The molecule has 0 bridgehead atoms. The van der Waals surface area contributed by atoms with E-state index in [4.69, 9.17) is 4.74 Å². The lowest BCUT2D eigenvalue weighted by Gasteiger charge is -2.24. The second-order valence-corrected chi connectivity index (χ2v) is 9.35. The number of pyridine rings is 1. The Hall–Kier alpha value is -1.82. The SMILES string of the molecule is CC(C)(C)OC(=O)NC1CN(c2ccnc3ccc(Br)cc23)CC12CC2. The van der Waals surface area contributed by atoms with Gasteiger partial charge < -0.3 is 15.0 Å². The number of carbonyl (C=O) groups excluding carboxylic acids is 1. The minimum Gasteiger partial charge on any atom is -0.444 e. The fraction of sp³-hybridized carbons (Fsp3) is 0.500. The number of carbonyl (C=O) groups is 1. The van der Waals surface area contributed by atoms with Gasteiger partial charge in [-0.15, -0.1) is 0 Å². The molecule has 1 aliphatic heterocycles. The smallest absolute Gasteiger partial charge is 0.407 e. The number of amides is 1. The van der Waals surface area contributed by atoms with Crippen LogP contribution in [-0.2, 0) is 4.74 Å². The molecular weight excluding hydrogens is 394 g/mol. The van der Waals surface area contributed by atoms with Gasteiger partial charge in [-0.05, 0) is 57.9 Å². The molecule has 0 radical (unpaired) electrons. The van der Waals surface area contributed by atoms with E-state index in [1.807, 2.05) is 39.1 Å². The molecule has 1 aromatic carbocycles. The molecular formula is C20H24BrN3O2.